The van der Waals surface area contributed by atoms with Gasteiger partial charge in [-0.25, -0.2) is 0 Å². The Balaban J connectivity index is 3.25. The largest absolute Gasteiger partial charge is 0.396 e. The highest BCUT2D eigenvalue weighted by molar-refractivity contribution is 5.78. The molecule has 0 aromatic heterocycles. The minimum absolute atomic E-state index is 0.0466. The zero-order chi connectivity index (χ0) is 10.1. The molecule has 4 nitrogen and oxygen atoms in total. The van der Waals surface area contributed by atoms with Crippen LogP contribution in [0.2, 0.25) is 0 Å². The summed E-state index contributed by atoms with van der Waals surface area (Å²) in [4.78, 5) is 21.5. The number of hydrogen-bond acceptors (Lipinski definition) is 3. The van der Waals surface area contributed by atoms with Gasteiger partial charge in [-0.1, -0.05) is 0 Å². The summed E-state index contributed by atoms with van der Waals surface area (Å²) >= 11 is 0. The van der Waals surface area contributed by atoms with Gasteiger partial charge < -0.3 is 15.2 Å². The number of rotatable bonds is 7. The van der Waals surface area contributed by atoms with Crippen LogP contribution < -0.4 is 5.32 Å². The Morgan fingerprint density at radius 2 is 1.92 bits per heavy atom. The molecule has 0 bridgehead atoms. The first kappa shape index (κ1) is 12.1. The number of hydrogen-bond donors (Lipinski definition) is 2. The van der Waals surface area contributed by atoms with E-state index in [0.29, 0.717) is 32.2 Å². The van der Waals surface area contributed by atoms with Crippen molar-refractivity contribution in [3.63, 3.8) is 0 Å². The normalized spacial score (nSPS) is 9.69. The molecule has 76 valence electrons. The highest BCUT2D eigenvalue weighted by Gasteiger charge is 2.00. The molecule has 0 fully saturated rings. The fraction of sp³-hybridized carbons (Fsp3) is 0.778. The maximum absolute atomic E-state index is 11.0. The molecule has 0 radical (unpaired) electrons. The molecule has 0 aromatic carbocycles. The maximum Gasteiger partial charge on any atom is 0.220 e. The minimum atomic E-state index is -0.0466. The molecular weight excluding hydrogens is 170 g/mol. The second kappa shape index (κ2) is 7.73. The van der Waals surface area contributed by atoms with Crippen LogP contribution in [0, 0.1) is 0 Å². The molecule has 2 N–H and O–H groups in total. The van der Waals surface area contributed by atoms with E-state index in [2.05, 4.69) is 5.32 Å². The highest BCUT2D eigenvalue weighted by atomic mass is 16.3. The van der Waals surface area contributed by atoms with Crippen LogP contribution >= 0.6 is 0 Å². The molecule has 0 rings (SSSR count). The molecule has 0 aliphatic carbocycles. The van der Waals surface area contributed by atoms with Gasteiger partial charge in [0.15, 0.2) is 0 Å². The Hall–Kier alpha value is -0.900. The number of amides is 1. The molecule has 0 spiro atoms. The Morgan fingerprint density at radius 3 is 2.46 bits per heavy atom. The lowest BCUT2D eigenvalue weighted by Crippen LogP contribution is -2.24. The first-order chi connectivity index (χ1) is 6.16. The number of carbonyl (C=O) groups excluding carboxylic acids is 2. The van der Waals surface area contributed by atoms with Crippen LogP contribution in [0.4, 0.5) is 0 Å². The standard InChI is InChI=1S/C9H17NO3/c1-8(12)4-2-5-9(13)10-6-3-7-11/h11H,2-7H2,1H3,(H,10,13). The van der Waals surface area contributed by atoms with Crippen molar-refractivity contribution in [2.45, 2.75) is 32.6 Å². The van der Waals surface area contributed by atoms with E-state index in [0.717, 1.165) is 0 Å². The van der Waals surface area contributed by atoms with Gasteiger partial charge in [-0.2, -0.15) is 0 Å². The second-order valence-electron chi connectivity index (χ2n) is 2.98. The minimum Gasteiger partial charge on any atom is -0.396 e. The van der Waals surface area contributed by atoms with Crippen LogP contribution in [0.5, 0.6) is 0 Å². The quantitative estimate of drug-likeness (QED) is 0.561. The summed E-state index contributed by atoms with van der Waals surface area (Å²) in [6.45, 7) is 2.12. The summed E-state index contributed by atoms with van der Waals surface area (Å²) < 4.78 is 0. The highest BCUT2D eigenvalue weighted by Crippen LogP contribution is 1.95. The summed E-state index contributed by atoms with van der Waals surface area (Å²) in [5.74, 6) is 0.0675. The molecule has 0 atom stereocenters. The van der Waals surface area contributed by atoms with Gasteiger partial charge in [0.25, 0.3) is 0 Å². The molecule has 0 aromatic rings. The van der Waals surface area contributed by atoms with E-state index in [1.54, 1.807) is 0 Å². The average molecular weight is 187 g/mol. The molecule has 1 amide bonds. The first-order valence-corrected chi connectivity index (χ1v) is 4.54. The molecule has 0 saturated carbocycles. The van der Waals surface area contributed by atoms with Gasteiger partial charge in [-0.05, 0) is 19.8 Å². The van der Waals surface area contributed by atoms with E-state index in [1.165, 1.54) is 6.92 Å². The second-order valence-corrected chi connectivity index (χ2v) is 2.98. The Labute approximate surface area is 78.3 Å². The summed E-state index contributed by atoms with van der Waals surface area (Å²) in [7, 11) is 0. The molecule has 0 aliphatic heterocycles. The van der Waals surface area contributed by atoms with Gasteiger partial charge >= 0.3 is 0 Å². The number of nitrogens with one attached hydrogen (secondary N) is 1. The van der Waals surface area contributed by atoms with Crippen LogP contribution in [-0.4, -0.2) is 29.9 Å². The summed E-state index contributed by atoms with van der Waals surface area (Å²) in [5, 5.41) is 11.1. The lowest BCUT2D eigenvalue weighted by atomic mass is 10.2. The number of Topliss-reactive ketones (excluding diaryl/α,β-unsaturated/α-hetero) is 1. The topological polar surface area (TPSA) is 66.4 Å². The third-order valence-electron chi connectivity index (χ3n) is 1.59. The van der Waals surface area contributed by atoms with Crippen molar-refractivity contribution in [1.29, 1.82) is 0 Å². The number of carbonyl (C=O) groups is 2. The van der Waals surface area contributed by atoms with Crippen molar-refractivity contribution < 1.29 is 14.7 Å². The van der Waals surface area contributed by atoms with E-state index in [4.69, 9.17) is 5.11 Å². The van der Waals surface area contributed by atoms with Crippen LogP contribution in [0.1, 0.15) is 32.6 Å². The predicted octanol–water partition coefficient (Wildman–Crippen LogP) is 0.244. The lowest BCUT2D eigenvalue weighted by Gasteiger charge is -2.02. The zero-order valence-corrected chi connectivity index (χ0v) is 8.01. The van der Waals surface area contributed by atoms with Gasteiger partial charge in [0.1, 0.15) is 5.78 Å². The number of aliphatic hydroxyl groups excluding tert-OH is 1. The van der Waals surface area contributed by atoms with E-state index < -0.39 is 0 Å². The summed E-state index contributed by atoms with van der Waals surface area (Å²) in [6, 6.07) is 0. The Kier molecular flexibility index (Phi) is 7.20. The molecule has 0 aliphatic rings. The Bertz CT molecular complexity index is 168. The van der Waals surface area contributed by atoms with Gasteiger partial charge in [-0.15, -0.1) is 0 Å². The van der Waals surface area contributed by atoms with E-state index in [-0.39, 0.29) is 18.3 Å². The predicted molar refractivity (Wildman–Crippen MR) is 49.2 cm³/mol. The van der Waals surface area contributed by atoms with Gasteiger partial charge in [-0.3, -0.25) is 4.79 Å². The van der Waals surface area contributed by atoms with Crippen LogP contribution in [0.15, 0.2) is 0 Å². The molecule has 0 unspecified atom stereocenters. The van der Waals surface area contributed by atoms with Crippen molar-refractivity contribution in [2.24, 2.45) is 0 Å². The van der Waals surface area contributed by atoms with Crippen molar-refractivity contribution in [3.8, 4) is 0 Å². The molecule has 0 heterocycles. The van der Waals surface area contributed by atoms with E-state index >= 15 is 0 Å². The van der Waals surface area contributed by atoms with E-state index in [1.807, 2.05) is 0 Å². The van der Waals surface area contributed by atoms with Crippen LogP contribution in [0.25, 0.3) is 0 Å². The monoisotopic (exact) mass is 187 g/mol. The smallest absolute Gasteiger partial charge is 0.220 e. The van der Waals surface area contributed by atoms with Crippen LogP contribution in [0.3, 0.4) is 0 Å². The summed E-state index contributed by atoms with van der Waals surface area (Å²) in [6.07, 6.45) is 2.05. The lowest BCUT2D eigenvalue weighted by molar-refractivity contribution is -0.121. The molecule has 0 saturated heterocycles. The fourth-order valence-electron chi connectivity index (χ4n) is 0.893. The van der Waals surface area contributed by atoms with Gasteiger partial charge in [0.2, 0.25) is 5.91 Å². The SMILES string of the molecule is CC(=O)CCCC(=O)NCCCO. The Morgan fingerprint density at radius 1 is 1.23 bits per heavy atom. The third-order valence-corrected chi connectivity index (χ3v) is 1.59. The zero-order valence-electron chi connectivity index (χ0n) is 8.01. The summed E-state index contributed by atoms with van der Waals surface area (Å²) in [5.41, 5.74) is 0. The van der Waals surface area contributed by atoms with Crippen molar-refractivity contribution in [3.05, 3.63) is 0 Å². The van der Waals surface area contributed by atoms with Crippen molar-refractivity contribution >= 4 is 11.7 Å². The van der Waals surface area contributed by atoms with Crippen LogP contribution in [-0.2, 0) is 9.59 Å². The first-order valence-electron chi connectivity index (χ1n) is 4.54. The van der Waals surface area contributed by atoms with Gasteiger partial charge in [0.05, 0.1) is 0 Å². The van der Waals surface area contributed by atoms with Crippen molar-refractivity contribution in [1.82, 2.24) is 5.32 Å². The van der Waals surface area contributed by atoms with Gasteiger partial charge in [0, 0.05) is 26.0 Å². The number of aliphatic hydroxyl groups is 1. The fourth-order valence-corrected chi connectivity index (χ4v) is 0.893. The number of ketones is 1. The molecular formula is C9H17NO3. The molecule has 13 heavy (non-hydrogen) atoms. The van der Waals surface area contributed by atoms with Crippen molar-refractivity contribution in [2.75, 3.05) is 13.2 Å². The van der Waals surface area contributed by atoms with E-state index in [9.17, 15) is 9.59 Å². The third kappa shape index (κ3) is 9.01. The molecule has 4 heteroatoms. The average Bonchev–Trinajstić information content (AvgIpc) is 2.04. The maximum atomic E-state index is 11.0.